The third-order valence-electron chi connectivity index (χ3n) is 14.9. The molecule has 0 aromatic heterocycles. The lowest BCUT2D eigenvalue weighted by molar-refractivity contribution is -0.231. The molecule has 1 aliphatic carbocycles. The number of rotatable bonds is 5. The summed E-state index contributed by atoms with van der Waals surface area (Å²) in [5.41, 5.74) is 0.697. The predicted octanol–water partition coefficient (Wildman–Crippen LogP) is 9.15. The monoisotopic (exact) mass is 916 g/mol. The smallest absolute Gasteiger partial charge is 0.329 e. The third kappa shape index (κ3) is 14.1. The van der Waals surface area contributed by atoms with Gasteiger partial charge in [-0.25, -0.2) is 13.6 Å². The number of halogens is 2. The fourth-order valence-corrected chi connectivity index (χ4v) is 10.2. The lowest BCUT2D eigenvalue weighted by Gasteiger charge is -2.42. The van der Waals surface area contributed by atoms with E-state index >= 15 is 8.78 Å². The van der Waals surface area contributed by atoms with E-state index in [0.717, 1.165) is 10.5 Å². The van der Waals surface area contributed by atoms with Crippen LogP contribution in [0, 0.1) is 40.9 Å². The zero-order chi connectivity index (χ0) is 48.4. The van der Waals surface area contributed by atoms with Gasteiger partial charge in [-0.15, -0.1) is 0 Å². The number of ether oxygens (including phenoxy) is 4. The molecule has 0 aromatic carbocycles. The first-order valence-electron chi connectivity index (χ1n) is 24.1. The fraction of sp³-hybridized carbons (Fsp3) is 0.750. The minimum Gasteiger partial charge on any atom is -0.460 e. The Balaban J connectivity index is 1.71. The van der Waals surface area contributed by atoms with E-state index in [9.17, 15) is 29.1 Å². The maximum absolute atomic E-state index is 17.1. The van der Waals surface area contributed by atoms with Gasteiger partial charge in [-0.1, -0.05) is 90.5 Å². The highest BCUT2D eigenvalue weighted by Crippen LogP contribution is 2.43. The Hall–Kier alpha value is -3.39. The number of ketones is 3. The quantitative estimate of drug-likeness (QED) is 0.161. The molecule has 3 aliphatic heterocycles. The van der Waals surface area contributed by atoms with E-state index < -0.39 is 83.3 Å². The number of methoxy groups -OCH3 is 2. The van der Waals surface area contributed by atoms with Gasteiger partial charge in [-0.3, -0.25) is 19.2 Å². The summed E-state index contributed by atoms with van der Waals surface area (Å²) in [5.74, 6) is -9.44. The van der Waals surface area contributed by atoms with Crippen LogP contribution < -0.4 is 0 Å². The second-order valence-corrected chi connectivity index (χ2v) is 20.6. The Bertz CT molecular complexity index is 1790. The van der Waals surface area contributed by atoms with E-state index in [0.29, 0.717) is 64.2 Å². The van der Waals surface area contributed by atoms with E-state index in [1.807, 2.05) is 65.0 Å². The Morgan fingerprint density at radius 3 is 2.31 bits per heavy atom. The van der Waals surface area contributed by atoms with Crippen LogP contribution in [0.25, 0.3) is 0 Å². The van der Waals surface area contributed by atoms with Crippen molar-refractivity contribution in [1.82, 2.24) is 4.90 Å². The van der Waals surface area contributed by atoms with Crippen molar-refractivity contribution < 1.29 is 56.8 Å². The van der Waals surface area contributed by atoms with Crippen LogP contribution in [-0.4, -0.2) is 109 Å². The van der Waals surface area contributed by atoms with Gasteiger partial charge in [0.2, 0.25) is 0 Å². The number of aliphatic hydroxyl groups excluding tert-OH is 1. The molecule has 3 unspecified atom stereocenters. The maximum Gasteiger partial charge on any atom is 0.329 e. The van der Waals surface area contributed by atoms with Gasteiger partial charge in [0.05, 0.1) is 18.3 Å². The first-order chi connectivity index (χ1) is 30.5. The van der Waals surface area contributed by atoms with Crippen molar-refractivity contribution in [1.29, 1.82) is 0 Å². The molecule has 0 radical (unpaired) electrons. The molecule has 4 rings (SSSR count). The Labute approximate surface area is 387 Å². The van der Waals surface area contributed by atoms with E-state index in [4.69, 9.17) is 18.9 Å². The number of hydrogen-bond acceptors (Lipinski definition) is 10. The zero-order valence-corrected chi connectivity index (χ0v) is 41.0. The molecular weight excluding hydrogens is 837 g/mol. The van der Waals surface area contributed by atoms with Crippen molar-refractivity contribution in [3.05, 3.63) is 47.6 Å². The highest BCUT2D eigenvalue weighted by molar-refractivity contribution is 6.39. The van der Waals surface area contributed by atoms with Crippen LogP contribution in [-0.2, 0) is 42.9 Å². The van der Waals surface area contributed by atoms with Gasteiger partial charge in [-0.05, 0) is 113 Å². The first kappa shape index (κ1) is 54.2. The second-order valence-electron chi connectivity index (χ2n) is 20.6. The van der Waals surface area contributed by atoms with Gasteiger partial charge in [0.25, 0.3) is 17.5 Å². The van der Waals surface area contributed by atoms with Crippen LogP contribution in [0.5, 0.6) is 0 Å². The van der Waals surface area contributed by atoms with Gasteiger partial charge in [-0.2, -0.15) is 0 Å². The van der Waals surface area contributed by atoms with Crippen molar-refractivity contribution >= 4 is 29.2 Å². The minimum atomic E-state index is -2.90. The molecule has 11 nitrogen and oxygen atoms in total. The molecule has 0 spiro atoms. The average molecular weight is 916 g/mol. The van der Waals surface area contributed by atoms with Gasteiger partial charge in [0.1, 0.15) is 17.9 Å². The van der Waals surface area contributed by atoms with E-state index in [2.05, 4.69) is 0 Å². The lowest BCUT2D eigenvalue weighted by atomic mass is 9.77. The number of aliphatic hydroxyl groups is 1. The number of hydrogen-bond donors (Lipinski definition) is 1. The Kier molecular flexibility index (Phi) is 20.1. The highest BCUT2D eigenvalue weighted by Gasteiger charge is 2.55. The van der Waals surface area contributed by atoms with Crippen molar-refractivity contribution in [3.63, 3.8) is 0 Å². The molecule has 366 valence electrons. The van der Waals surface area contributed by atoms with Gasteiger partial charge < -0.3 is 29.0 Å². The lowest BCUT2D eigenvalue weighted by Crippen LogP contribution is -2.59. The minimum absolute atomic E-state index is 0.0151. The number of Topliss-reactive ketones (excluding diaryl/α,β-unsaturated/α-hetero) is 3. The number of piperidine rings is 1. The molecule has 1 amide bonds. The Morgan fingerprint density at radius 2 is 1.63 bits per heavy atom. The number of carbonyl (C=O) groups excluding carboxylic acids is 5. The number of amides is 1. The van der Waals surface area contributed by atoms with E-state index in [1.165, 1.54) is 20.1 Å². The number of carbonyl (C=O) groups is 5. The SMILES string of the molecule is CO[C@H]1C(=O)[C@H](C)C[C@H](C)/C=C/C=C/C=C(\C)C(C)(C)C[C@@H]2CC[C@@H](C)C(F)(O2)C(=O)C(=O)N2CCCCC2C(=O)O[C@H]([C@H](C)C[C@@H]2CC[C@@H](O)[C@H](OC)C2)CC(=O)[C@H](C)/C=C(\C)C1F. The average Bonchev–Trinajstić information content (AvgIpc) is 3.26. The Morgan fingerprint density at radius 1 is 0.923 bits per heavy atom. The number of nitrogens with zero attached hydrogens (tertiary/aromatic N) is 1. The van der Waals surface area contributed by atoms with Crippen LogP contribution in [0.3, 0.4) is 0 Å². The molecular formula is C52H79F2NO10. The van der Waals surface area contributed by atoms with Crippen LogP contribution >= 0.6 is 0 Å². The molecule has 14 atom stereocenters. The molecule has 1 N–H and O–H groups in total. The fourth-order valence-electron chi connectivity index (χ4n) is 10.2. The van der Waals surface area contributed by atoms with Crippen LogP contribution in [0.2, 0.25) is 0 Å². The highest BCUT2D eigenvalue weighted by atomic mass is 19.2. The standard InChI is InChI=1S/C52H79F2NO10/c1-31-17-13-12-14-18-36(6)51(8,9)30-39-22-20-37(7)52(54,65-39)48(59)49(60)55-24-16-15-19-40(55)50(61)64-43(33(3)27-38-21-23-41(56)44(28-38)62-10)29-42(57)32(2)26-34(4)45(53)47(63-11)46(58)35(5)25-31/h12-14,17-18,26,31-33,35,37-41,43-45,47,56H,15-16,19-25,27-30H2,1-11H3/b14-12+,17-13+,34-26+,36-18+/t31-,32-,33-,35-,37-,38+,39+,40?,41-,43+,44-,45?,47-,52?/m1/s1. The van der Waals surface area contributed by atoms with Crippen molar-refractivity contribution in [2.45, 2.75) is 188 Å². The van der Waals surface area contributed by atoms with Gasteiger partial charge in [0, 0.05) is 44.9 Å². The number of allylic oxidation sites excluding steroid dienone is 7. The molecule has 1 saturated carbocycles. The molecule has 65 heavy (non-hydrogen) atoms. The predicted molar refractivity (Wildman–Crippen MR) is 246 cm³/mol. The third-order valence-corrected chi connectivity index (χ3v) is 14.9. The number of fused-ring (bicyclic) bond motifs is 3. The maximum atomic E-state index is 17.1. The summed E-state index contributed by atoms with van der Waals surface area (Å²) in [6.45, 7) is 16.4. The normalized spacial score (nSPS) is 40.1. The summed E-state index contributed by atoms with van der Waals surface area (Å²) in [5, 5.41) is 10.5. The largest absolute Gasteiger partial charge is 0.460 e. The first-order valence-corrected chi connectivity index (χ1v) is 24.1. The summed E-state index contributed by atoms with van der Waals surface area (Å²) < 4.78 is 56.5. The van der Waals surface area contributed by atoms with Crippen LogP contribution in [0.15, 0.2) is 47.6 Å². The molecule has 4 aliphatic rings. The number of alkyl halides is 2. The molecule has 2 saturated heterocycles. The summed E-state index contributed by atoms with van der Waals surface area (Å²) >= 11 is 0. The molecule has 3 heterocycles. The topological polar surface area (TPSA) is 146 Å². The summed E-state index contributed by atoms with van der Waals surface area (Å²) in [6, 6.07) is -1.20. The molecule has 3 fully saturated rings. The van der Waals surface area contributed by atoms with Crippen molar-refractivity contribution in [2.24, 2.45) is 40.9 Å². The molecule has 13 heteroatoms. The van der Waals surface area contributed by atoms with Gasteiger partial charge >= 0.3 is 5.97 Å². The van der Waals surface area contributed by atoms with Crippen LogP contribution in [0.4, 0.5) is 8.78 Å². The van der Waals surface area contributed by atoms with E-state index in [-0.39, 0.29) is 60.4 Å². The summed E-state index contributed by atoms with van der Waals surface area (Å²) in [4.78, 5) is 71.4. The molecule has 0 aromatic rings. The van der Waals surface area contributed by atoms with Crippen LogP contribution in [0.1, 0.15) is 139 Å². The second kappa shape index (κ2) is 24.1. The summed E-state index contributed by atoms with van der Waals surface area (Å²) in [7, 11) is 2.85. The summed E-state index contributed by atoms with van der Waals surface area (Å²) in [6.07, 6.45) is 10.3. The van der Waals surface area contributed by atoms with Gasteiger partial charge in [0.15, 0.2) is 18.1 Å². The molecule has 2 bridgehead atoms. The van der Waals surface area contributed by atoms with Crippen molar-refractivity contribution in [2.75, 3.05) is 20.8 Å². The van der Waals surface area contributed by atoms with E-state index in [1.54, 1.807) is 27.9 Å². The van der Waals surface area contributed by atoms with Crippen molar-refractivity contribution in [3.8, 4) is 0 Å². The zero-order valence-electron chi connectivity index (χ0n) is 41.0. The number of esters is 1. The number of cyclic esters (lactones) is 1.